The van der Waals surface area contributed by atoms with E-state index in [4.69, 9.17) is 9.47 Å². The maximum Gasteiger partial charge on any atom is 1.00 e. The largest absolute Gasteiger partial charge is 1.00 e. The first-order valence-electron chi connectivity index (χ1n) is 5.26. The summed E-state index contributed by atoms with van der Waals surface area (Å²) in [5.41, 5.74) is 0. The van der Waals surface area contributed by atoms with E-state index in [2.05, 4.69) is 0 Å². The topological polar surface area (TPSA) is 58.6 Å². The van der Waals surface area contributed by atoms with Crippen LogP contribution in [-0.2, 0) is 15.8 Å². The molecule has 0 bridgehead atoms. The van der Waals surface area contributed by atoms with Gasteiger partial charge in [-0.15, -0.1) is 0 Å². The molecule has 0 amide bonds. The van der Waals surface area contributed by atoms with E-state index in [1.807, 2.05) is 0 Å². The predicted molar refractivity (Wildman–Crippen MR) is 58.0 cm³/mol. The van der Waals surface area contributed by atoms with Gasteiger partial charge < -0.3 is 14.0 Å². The van der Waals surface area contributed by atoms with Crippen LogP contribution < -0.4 is 34.3 Å². The van der Waals surface area contributed by atoms with E-state index in [0.29, 0.717) is 19.8 Å². The molecule has 1 aliphatic heterocycles. The van der Waals surface area contributed by atoms with Crippen molar-refractivity contribution in [1.29, 1.82) is 0 Å². The van der Waals surface area contributed by atoms with Crippen LogP contribution in [0.5, 0.6) is 5.75 Å². The van der Waals surface area contributed by atoms with Gasteiger partial charge in [-0.2, -0.15) is 0 Å². The van der Waals surface area contributed by atoms with Crippen LogP contribution in [-0.4, -0.2) is 28.6 Å². The van der Waals surface area contributed by atoms with E-state index in [1.165, 1.54) is 12.1 Å². The monoisotopic (exact) mass is 282 g/mol. The van der Waals surface area contributed by atoms with E-state index in [1.54, 1.807) is 0 Å². The molecule has 1 aromatic carbocycles. The van der Waals surface area contributed by atoms with E-state index in [-0.39, 0.29) is 46.1 Å². The van der Waals surface area contributed by atoms with Gasteiger partial charge in [-0.05, 0) is 35.7 Å². The van der Waals surface area contributed by atoms with Crippen molar-refractivity contribution in [1.82, 2.24) is 0 Å². The Hall–Kier alpha value is 0.0200. The normalized spacial score (nSPS) is 20.2. The second-order valence-corrected chi connectivity index (χ2v) is 4.81. The number of rotatable bonds is 4. The zero-order valence-corrected chi connectivity index (χ0v) is 12.9. The number of halogens is 1. The van der Waals surface area contributed by atoms with Crippen molar-refractivity contribution in [3.63, 3.8) is 0 Å². The maximum atomic E-state index is 13.5. The molecule has 1 aromatic rings. The number of hydrogen-bond donors (Lipinski definition) is 0. The predicted octanol–water partition coefficient (Wildman–Crippen LogP) is -1.52. The van der Waals surface area contributed by atoms with E-state index in [9.17, 15) is 13.2 Å². The maximum absolute atomic E-state index is 13.5. The molecule has 1 saturated heterocycles. The van der Waals surface area contributed by atoms with Crippen LogP contribution in [0.25, 0.3) is 0 Å². The summed E-state index contributed by atoms with van der Waals surface area (Å²) in [4.78, 5) is -0.0842. The van der Waals surface area contributed by atoms with Gasteiger partial charge in [-0.25, -0.2) is 4.39 Å². The summed E-state index contributed by atoms with van der Waals surface area (Å²) in [5.74, 6) is -0.306. The second-order valence-electron chi connectivity index (χ2n) is 3.87. The van der Waals surface area contributed by atoms with E-state index in [0.717, 1.165) is 12.5 Å². The first-order valence-corrected chi connectivity index (χ1v) is 6.33. The second kappa shape index (κ2) is 7.57. The molecule has 0 saturated carbocycles. The Bertz CT molecular complexity index is 424. The molecular formula is C11H12FNaO4S. The fourth-order valence-electron chi connectivity index (χ4n) is 1.62. The fourth-order valence-corrected chi connectivity index (χ4v) is 2.00. The number of ether oxygens (including phenoxy) is 2. The Morgan fingerprint density at radius 3 is 2.89 bits per heavy atom. The Morgan fingerprint density at radius 1 is 1.56 bits per heavy atom. The number of benzene rings is 1. The minimum Gasteiger partial charge on any atom is -0.768 e. The molecule has 18 heavy (non-hydrogen) atoms. The van der Waals surface area contributed by atoms with Crippen molar-refractivity contribution in [2.75, 3.05) is 19.8 Å². The molecule has 94 valence electrons. The van der Waals surface area contributed by atoms with Crippen LogP contribution in [0.15, 0.2) is 23.1 Å². The summed E-state index contributed by atoms with van der Waals surface area (Å²) in [6.45, 7) is 1.73. The van der Waals surface area contributed by atoms with Crippen molar-refractivity contribution in [2.24, 2.45) is 5.92 Å². The van der Waals surface area contributed by atoms with Crippen LogP contribution in [0, 0.1) is 11.7 Å². The molecule has 2 unspecified atom stereocenters. The van der Waals surface area contributed by atoms with Crippen LogP contribution in [0.3, 0.4) is 0 Å². The molecule has 0 N–H and O–H groups in total. The van der Waals surface area contributed by atoms with Crippen molar-refractivity contribution in [3.05, 3.63) is 24.0 Å². The average Bonchev–Trinajstić information content (AvgIpc) is 2.80. The van der Waals surface area contributed by atoms with Crippen LogP contribution in [0.4, 0.5) is 4.39 Å². The minimum atomic E-state index is -2.42. The molecule has 1 heterocycles. The summed E-state index contributed by atoms with van der Waals surface area (Å²) < 4.78 is 45.1. The van der Waals surface area contributed by atoms with Crippen molar-refractivity contribution < 1.29 is 52.2 Å². The summed E-state index contributed by atoms with van der Waals surface area (Å²) in [7, 11) is 0. The van der Waals surface area contributed by atoms with Gasteiger partial charge in [-0.1, -0.05) is 0 Å². The van der Waals surface area contributed by atoms with Crippen molar-refractivity contribution in [2.45, 2.75) is 11.3 Å². The van der Waals surface area contributed by atoms with Gasteiger partial charge in [0.05, 0.1) is 13.2 Å². The third kappa shape index (κ3) is 4.29. The van der Waals surface area contributed by atoms with Gasteiger partial charge in [0.15, 0.2) is 11.6 Å². The molecule has 0 spiro atoms. The molecule has 1 fully saturated rings. The van der Waals surface area contributed by atoms with Crippen LogP contribution >= 0.6 is 0 Å². The quantitative estimate of drug-likeness (QED) is 0.497. The zero-order chi connectivity index (χ0) is 12.3. The molecule has 0 aromatic heterocycles. The van der Waals surface area contributed by atoms with Gasteiger partial charge in [0, 0.05) is 17.4 Å². The Labute approximate surface area is 129 Å². The summed E-state index contributed by atoms with van der Waals surface area (Å²) in [5, 5.41) is 0. The smallest absolute Gasteiger partial charge is 0.768 e. The Kier molecular flexibility index (Phi) is 6.76. The van der Waals surface area contributed by atoms with Crippen LogP contribution in [0.2, 0.25) is 0 Å². The first-order chi connectivity index (χ1) is 8.16. The van der Waals surface area contributed by atoms with Crippen molar-refractivity contribution in [3.8, 4) is 5.75 Å². The molecule has 1 aliphatic rings. The average molecular weight is 282 g/mol. The molecular weight excluding hydrogens is 270 g/mol. The minimum absolute atomic E-state index is 0. The fraction of sp³-hybridized carbons (Fsp3) is 0.455. The van der Waals surface area contributed by atoms with Gasteiger partial charge in [0.1, 0.15) is 0 Å². The molecule has 0 aliphatic carbocycles. The first kappa shape index (κ1) is 16.1. The molecule has 2 atom stereocenters. The number of hydrogen-bond acceptors (Lipinski definition) is 4. The zero-order valence-electron chi connectivity index (χ0n) is 10.1. The third-order valence-electron chi connectivity index (χ3n) is 2.59. The standard InChI is InChI=1S/C11H13FO4S.Na/c12-10-5-9(17(13)14)1-2-11(10)16-7-8-3-4-15-6-8;/h1-2,5,8H,3-4,6-7H2,(H,13,14);/q;+1/p-1. The van der Waals surface area contributed by atoms with Gasteiger partial charge in [0.25, 0.3) is 0 Å². The summed E-state index contributed by atoms with van der Waals surface area (Å²) >= 11 is -2.42. The summed E-state index contributed by atoms with van der Waals surface area (Å²) in [6.07, 6.45) is 0.907. The van der Waals surface area contributed by atoms with Crippen LogP contribution in [0.1, 0.15) is 6.42 Å². The molecule has 2 rings (SSSR count). The SMILES string of the molecule is O=S([O-])c1ccc(OCC2CCOC2)c(F)c1.[Na+]. The molecule has 4 nitrogen and oxygen atoms in total. The Morgan fingerprint density at radius 2 is 2.33 bits per heavy atom. The molecule has 0 radical (unpaired) electrons. The summed E-state index contributed by atoms with van der Waals surface area (Å²) in [6, 6.07) is 3.59. The van der Waals surface area contributed by atoms with Crippen molar-refractivity contribution >= 4 is 11.1 Å². The third-order valence-corrected chi connectivity index (χ3v) is 3.23. The van der Waals surface area contributed by atoms with E-state index >= 15 is 0 Å². The van der Waals surface area contributed by atoms with Gasteiger partial charge in [0.2, 0.25) is 0 Å². The molecule has 7 heteroatoms. The van der Waals surface area contributed by atoms with E-state index < -0.39 is 16.9 Å². The van der Waals surface area contributed by atoms with Gasteiger partial charge in [-0.3, -0.25) is 4.21 Å². The Balaban J connectivity index is 0.00000162. The van der Waals surface area contributed by atoms with Gasteiger partial charge >= 0.3 is 29.6 Å².